The van der Waals surface area contributed by atoms with E-state index in [1.54, 1.807) is 30.1 Å². The molecule has 1 heterocycles. The normalized spacial score (nSPS) is 18.3. The summed E-state index contributed by atoms with van der Waals surface area (Å²) in [4.78, 5) is 14.1. The van der Waals surface area contributed by atoms with Crippen LogP contribution in [0.3, 0.4) is 0 Å². The molecule has 1 unspecified atom stereocenters. The summed E-state index contributed by atoms with van der Waals surface area (Å²) in [6.07, 6.45) is 0.878. The van der Waals surface area contributed by atoms with Crippen molar-refractivity contribution in [3.8, 4) is 5.75 Å². The van der Waals surface area contributed by atoms with E-state index in [4.69, 9.17) is 15.2 Å². The van der Waals surface area contributed by atoms with E-state index in [2.05, 4.69) is 0 Å². The predicted octanol–water partition coefficient (Wildman–Crippen LogP) is 1.53. The summed E-state index contributed by atoms with van der Waals surface area (Å²) in [6.45, 7) is 3.75. The van der Waals surface area contributed by atoms with E-state index in [0.717, 1.165) is 6.42 Å². The molecule has 0 radical (unpaired) electrons. The van der Waals surface area contributed by atoms with Crippen LogP contribution in [0.4, 0.5) is 5.69 Å². The molecular formula is C14H20N2O3. The molecule has 1 saturated heterocycles. The lowest BCUT2D eigenvalue weighted by Gasteiger charge is -2.23. The molecule has 104 valence electrons. The molecule has 1 amide bonds. The predicted molar refractivity (Wildman–Crippen MR) is 73.3 cm³/mol. The zero-order valence-corrected chi connectivity index (χ0v) is 11.4. The molecule has 1 aromatic carbocycles. The number of likely N-dealkylation sites (N-methyl/N-ethyl adjacent to an activating group) is 1. The molecule has 2 rings (SSSR count). The number of hydrogen-bond donors (Lipinski definition) is 1. The SMILES string of the molecule is CCOc1cc(N)cc(C(=O)N(C)C2CCOC2)c1. The third kappa shape index (κ3) is 3.17. The van der Waals surface area contributed by atoms with Gasteiger partial charge in [-0.15, -0.1) is 0 Å². The van der Waals surface area contributed by atoms with Crippen LogP contribution in [0.5, 0.6) is 5.75 Å². The highest BCUT2D eigenvalue weighted by molar-refractivity contribution is 5.95. The van der Waals surface area contributed by atoms with Crippen LogP contribution in [0.1, 0.15) is 23.7 Å². The van der Waals surface area contributed by atoms with Crippen LogP contribution in [-0.4, -0.2) is 43.7 Å². The number of nitrogens with two attached hydrogens (primary N) is 1. The van der Waals surface area contributed by atoms with Gasteiger partial charge in [0.15, 0.2) is 0 Å². The highest BCUT2D eigenvalue weighted by Crippen LogP contribution is 2.21. The van der Waals surface area contributed by atoms with Crippen molar-refractivity contribution in [2.75, 3.05) is 32.6 Å². The molecule has 2 N–H and O–H groups in total. The summed E-state index contributed by atoms with van der Waals surface area (Å²) in [6, 6.07) is 5.27. The van der Waals surface area contributed by atoms with E-state index >= 15 is 0 Å². The van der Waals surface area contributed by atoms with E-state index in [9.17, 15) is 4.79 Å². The van der Waals surface area contributed by atoms with Crippen molar-refractivity contribution in [1.82, 2.24) is 4.90 Å². The van der Waals surface area contributed by atoms with Crippen molar-refractivity contribution in [3.05, 3.63) is 23.8 Å². The van der Waals surface area contributed by atoms with Gasteiger partial charge in [-0.1, -0.05) is 0 Å². The van der Waals surface area contributed by atoms with Crippen LogP contribution in [0.25, 0.3) is 0 Å². The number of anilines is 1. The lowest BCUT2D eigenvalue weighted by Crippen LogP contribution is -2.37. The van der Waals surface area contributed by atoms with Crippen molar-refractivity contribution >= 4 is 11.6 Å². The van der Waals surface area contributed by atoms with E-state index in [1.807, 2.05) is 6.92 Å². The number of rotatable bonds is 4. The molecule has 1 atom stereocenters. The number of carbonyl (C=O) groups excluding carboxylic acids is 1. The Balaban J connectivity index is 2.17. The minimum Gasteiger partial charge on any atom is -0.494 e. The van der Waals surface area contributed by atoms with Crippen molar-refractivity contribution in [2.24, 2.45) is 0 Å². The molecule has 19 heavy (non-hydrogen) atoms. The molecule has 0 spiro atoms. The fourth-order valence-corrected chi connectivity index (χ4v) is 2.19. The third-order valence-corrected chi connectivity index (χ3v) is 3.26. The highest BCUT2D eigenvalue weighted by atomic mass is 16.5. The quantitative estimate of drug-likeness (QED) is 0.838. The van der Waals surface area contributed by atoms with Crippen LogP contribution < -0.4 is 10.5 Å². The van der Waals surface area contributed by atoms with Gasteiger partial charge >= 0.3 is 0 Å². The summed E-state index contributed by atoms with van der Waals surface area (Å²) >= 11 is 0. The summed E-state index contributed by atoms with van der Waals surface area (Å²) in [5, 5.41) is 0. The van der Waals surface area contributed by atoms with Crippen molar-refractivity contribution in [2.45, 2.75) is 19.4 Å². The molecule has 5 heteroatoms. The van der Waals surface area contributed by atoms with Gasteiger partial charge in [0.05, 0.1) is 19.3 Å². The minimum absolute atomic E-state index is 0.0521. The maximum absolute atomic E-state index is 12.4. The smallest absolute Gasteiger partial charge is 0.254 e. The summed E-state index contributed by atoms with van der Waals surface area (Å²) in [7, 11) is 1.80. The third-order valence-electron chi connectivity index (χ3n) is 3.26. The van der Waals surface area contributed by atoms with Gasteiger partial charge in [-0.2, -0.15) is 0 Å². The van der Waals surface area contributed by atoms with E-state index in [1.165, 1.54) is 0 Å². The zero-order chi connectivity index (χ0) is 13.8. The Bertz CT molecular complexity index is 456. The second-order valence-corrected chi connectivity index (χ2v) is 4.66. The second kappa shape index (κ2) is 5.93. The fraction of sp³-hybridized carbons (Fsp3) is 0.500. The second-order valence-electron chi connectivity index (χ2n) is 4.66. The molecule has 0 bridgehead atoms. The molecule has 1 aromatic rings. The molecule has 0 saturated carbocycles. The van der Waals surface area contributed by atoms with Crippen molar-refractivity contribution < 1.29 is 14.3 Å². The van der Waals surface area contributed by atoms with Gasteiger partial charge in [0.2, 0.25) is 0 Å². The van der Waals surface area contributed by atoms with Gasteiger partial charge in [0.25, 0.3) is 5.91 Å². The van der Waals surface area contributed by atoms with Gasteiger partial charge in [-0.05, 0) is 25.5 Å². The number of benzene rings is 1. The van der Waals surface area contributed by atoms with Crippen LogP contribution in [0, 0.1) is 0 Å². The number of nitrogen functional groups attached to an aromatic ring is 1. The van der Waals surface area contributed by atoms with Crippen LogP contribution >= 0.6 is 0 Å². The highest BCUT2D eigenvalue weighted by Gasteiger charge is 2.25. The van der Waals surface area contributed by atoms with Crippen LogP contribution in [0.15, 0.2) is 18.2 Å². The van der Waals surface area contributed by atoms with Gasteiger partial charge in [-0.25, -0.2) is 0 Å². The monoisotopic (exact) mass is 264 g/mol. The zero-order valence-electron chi connectivity index (χ0n) is 11.4. The van der Waals surface area contributed by atoms with E-state index < -0.39 is 0 Å². The van der Waals surface area contributed by atoms with Gasteiger partial charge in [0, 0.05) is 31.0 Å². The molecule has 1 fully saturated rings. The first-order valence-corrected chi connectivity index (χ1v) is 6.50. The number of amides is 1. The average molecular weight is 264 g/mol. The topological polar surface area (TPSA) is 64.8 Å². The number of carbonyl (C=O) groups is 1. The average Bonchev–Trinajstić information content (AvgIpc) is 2.90. The molecule has 1 aliphatic rings. The van der Waals surface area contributed by atoms with Crippen molar-refractivity contribution in [1.29, 1.82) is 0 Å². The van der Waals surface area contributed by atoms with E-state index in [-0.39, 0.29) is 11.9 Å². The van der Waals surface area contributed by atoms with Crippen LogP contribution in [0.2, 0.25) is 0 Å². The molecule has 0 aliphatic carbocycles. The Morgan fingerprint density at radius 1 is 1.53 bits per heavy atom. The Kier molecular flexibility index (Phi) is 4.27. The van der Waals surface area contributed by atoms with Crippen molar-refractivity contribution in [3.63, 3.8) is 0 Å². The van der Waals surface area contributed by atoms with Gasteiger partial charge in [0.1, 0.15) is 5.75 Å². The number of nitrogens with zero attached hydrogens (tertiary/aromatic N) is 1. The summed E-state index contributed by atoms with van der Waals surface area (Å²) in [5.41, 5.74) is 6.89. The molecule has 1 aliphatic heterocycles. The summed E-state index contributed by atoms with van der Waals surface area (Å²) < 4.78 is 10.7. The largest absolute Gasteiger partial charge is 0.494 e. The van der Waals surface area contributed by atoms with E-state index in [0.29, 0.717) is 36.8 Å². The Morgan fingerprint density at radius 3 is 2.95 bits per heavy atom. The molecule has 0 aromatic heterocycles. The van der Waals surface area contributed by atoms with Gasteiger partial charge in [-0.3, -0.25) is 4.79 Å². The first-order valence-electron chi connectivity index (χ1n) is 6.50. The Labute approximate surface area is 113 Å². The lowest BCUT2D eigenvalue weighted by atomic mass is 10.1. The lowest BCUT2D eigenvalue weighted by molar-refractivity contribution is 0.0711. The maximum Gasteiger partial charge on any atom is 0.254 e. The molecular weight excluding hydrogens is 244 g/mol. The fourth-order valence-electron chi connectivity index (χ4n) is 2.19. The Morgan fingerprint density at radius 2 is 2.32 bits per heavy atom. The summed E-state index contributed by atoms with van der Waals surface area (Å²) in [5.74, 6) is 0.575. The first kappa shape index (κ1) is 13.7. The first-order chi connectivity index (χ1) is 9.11. The minimum atomic E-state index is -0.0521. The standard InChI is InChI=1S/C14H20N2O3/c1-3-19-13-7-10(6-11(15)8-13)14(17)16(2)12-4-5-18-9-12/h6-8,12H,3-5,9,15H2,1-2H3. The van der Waals surface area contributed by atoms with Crippen LogP contribution in [-0.2, 0) is 4.74 Å². The van der Waals surface area contributed by atoms with Gasteiger partial charge < -0.3 is 20.1 Å². The maximum atomic E-state index is 12.4. The number of hydrogen-bond acceptors (Lipinski definition) is 4. The molecule has 5 nitrogen and oxygen atoms in total. The number of ether oxygens (including phenoxy) is 2. The Hall–Kier alpha value is -1.75.